The van der Waals surface area contributed by atoms with E-state index in [1.807, 2.05) is 0 Å². The molecule has 1 rings (SSSR count). The quantitative estimate of drug-likeness (QED) is 0.484. The lowest BCUT2D eigenvalue weighted by molar-refractivity contribution is -0.0601. The number of benzene rings is 1. The summed E-state index contributed by atoms with van der Waals surface area (Å²) in [6.45, 7) is 1.60. The van der Waals surface area contributed by atoms with Gasteiger partial charge in [0.15, 0.2) is 5.71 Å². The highest BCUT2D eigenvalue weighted by Gasteiger charge is 2.37. The van der Waals surface area contributed by atoms with Gasteiger partial charge >= 0.3 is 6.18 Å². The first-order chi connectivity index (χ1) is 7.40. The molecule has 0 amide bonds. The molecule has 0 radical (unpaired) electrons. The summed E-state index contributed by atoms with van der Waals surface area (Å²) in [6.07, 6.45) is -4.68. The minimum absolute atomic E-state index is 0.201. The SMILES string of the molecule is COc1ccc(C(=NO)C(F)(F)F)cc1C. The first-order valence-corrected chi connectivity index (χ1v) is 4.34. The second-order valence-corrected chi connectivity index (χ2v) is 3.13. The fraction of sp³-hybridized carbons (Fsp3) is 0.300. The maximum absolute atomic E-state index is 12.4. The van der Waals surface area contributed by atoms with Crippen LogP contribution in [0.15, 0.2) is 23.4 Å². The maximum atomic E-state index is 12.4. The van der Waals surface area contributed by atoms with Gasteiger partial charge in [0.25, 0.3) is 0 Å². The predicted octanol–water partition coefficient (Wildman–Crippen LogP) is 2.74. The van der Waals surface area contributed by atoms with Crippen LogP contribution in [0.5, 0.6) is 5.75 Å². The molecule has 3 nitrogen and oxygen atoms in total. The van der Waals surface area contributed by atoms with Crippen LogP contribution in [-0.4, -0.2) is 24.2 Å². The lowest BCUT2D eigenvalue weighted by Crippen LogP contribution is -2.24. The molecule has 0 atom stereocenters. The Morgan fingerprint density at radius 1 is 1.38 bits per heavy atom. The van der Waals surface area contributed by atoms with Crippen molar-refractivity contribution in [1.82, 2.24) is 0 Å². The van der Waals surface area contributed by atoms with E-state index in [4.69, 9.17) is 9.94 Å². The average Bonchev–Trinajstić information content (AvgIpc) is 2.17. The molecule has 0 bridgehead atoms. The van der Waals surface area contributed by atoms with Gasteiger partial charge in [-0.1, -0.05) is 5.16 Å². The maximum Gasteiger partial charge on any atom is 0.437 e. The molecule has 0 fully saturated rings. The van der Waals surface area contributed by atoms with Crippen molar-refractivity contribution in [3.63, 3.8) is 0 Å². The van der Waals surface area contributed by atoms with Crippen molar-refractivity contribution in [2.45, 2.75) is 13.1 Å². The van der Waals surface area contributed by atoms with Gasteiger partial charge in [-0.15, -0.1) is 0 Å². The minimum atomic E-state index is -4.68. The summed E-state index contributed by atoms with van der Waals surface area (Å²) in [5.74, 6) is 0.475. The lowest BCUT2D eigenvalue weighted by Gasteiger charge is -2.10. The van der Waals surface area contributed by atoms with Crippen molar-refractivity contribution in [3.8, 4) is 5.75 Å². The van der Waals surface area contributed by atoms with E-state index in [0.29, 0.717) is 11.3 Å². The monoisotopic (exact) mass is 233 g/mol. The van der Waals surface area contributed by atoms with Gasteiger partial charge < -0.3 is 9.94 Å². The molecule has 1 N–H and O–H groups in total. The van der Waals surface area contributed by atoms with Gasteiger partial charge in [0, 0.05) is 5.56 Å². The number of rotatable bonds is 2. The molecule has 1 aromatic carbocycles. The first-order valence-electron chi connectivity index (χ1n) is 4.34. The van der Waals surface area contributed by atoms with E-state index in [0.717, 1.165) is 0 Å². The third kappa shape index (κ3) is 2.44. The van der Waals surface area contributed by atoms with E-state index in [1.165, 1.54) is 25.3 Å². The summed E-state index contributed by atoms with van der Waals surface area (Å²) < 4.78 is 42.1. The van der Waals surface area contributed by atoms with Crippen LogP contribution in [-0.2, 0) is 0 Å². The topological polar surface area (TPSA) is 41.8 Å². The highest BCUT2D eigenvalue weighted by Crippen LogP contribution is 2.25. The molecule has 0 aliphatic rings. The lowest BCUT2D eigenvalue weighted by atomic mass is 10.1. The Labute approximate surface area is 90.1 Å². The van der Waals surface area contributed by atoms with Crippen LogP contribution in [0.4, 0.5) is 13.2 Å². The predicted molar refractivity (Wildman–Crippen MR) is 52.1 cm³/mol. The standard InChI is InChI=1S/C10H10F3NO2/c1-6-5-7(3-4-8(6)16-2)9(14-15)10(11,12)13/h3-5,15H,1-2H3. The van der Waals surface area contributed by atoms with E-state index >= 15 is 0 Å². The second kappa shape index (κ2) is 4.42. The van der Waals surface area contributed by atoms with Crippen LogP contribution in [0.3, 0.4) is 0 Å². The smallest absolute Gasteiger partial charge is 0.437 e. The average molecular weight is 233 g/mol. The molecule has 0 aliphatic carbocycles. The van der Waals surface area contributed by atoms with Crippen molar-refractivity contribution in [1.29, 1.82) is 0 Å². The van der Waals surface area contributed by atoms with E-state index in [2.05, 4.69) is 5.16 Å². The van der Waals surface area contributed by atoms with Crippen LogP contribution in [0.1, 0.15) is 11.1 Å². The molecule has 1 aromatic rings. The summed E-state index contributed by atoms with van der Waals surface area (Å²) >= 11 is 0. The molecule has 6 heteroatoms. The highest BCUT2D eigenvalue weighted by molar-refractivity contribution is 6.04. The molecule has 0 heterocycles. The molecule has 0 unspecified atom stereocenters. The van der Waals surface area contributed by atoms with Crippen molar-refractivity contribution >= 4 is 5.71 Å². The number of nitrogens with zero attached hydrogens (tertiary/aromatic N) is 1. The fourth-order valence-corrected chi connectivity index (χ4v) is 1.30. The van der Waals surface area contributed by atoms with Gasteiger partial charge in [0.05, 0.1) is 7.11 Å². The number of methoxy groups -OCH3 is 1. The van der Waals surface area contributed by atoms with Crippen LogP contribution in [0.25, 0.3) is 0 Å². The van der Waals surface area contributed by atoms with Crippen LogP contribution in [0.2, 0.25) is 0 Å². The second-order valence-electron chi connectivity index (χ2n) is 3.13. The van der Waals surface area contributed by atoms with Crippen molar-refractivity contribution < 1.29 is 23.1 Å². The van der Waals surface area contributed by atoms with Gasteiger partial charge in [0.2, 0.25) is 0 Å². The van der Waals surface area contributed by atoms with Crippen LogP contribution < -0.4 is 4.74 Å². The Morgan fingerprint density at radius 3 is 2.38 bits per heavy atom. The normalized spacial score (nSPS) is 12.7. The molecule has 0 spiro atoms. The number of hydrogen-bond donors (Lipinski definition) is 1. The van der Waals surface area contributed by atoms with Crippen LogP contribution >= 0.6 is 0 Å². The number of halogens is 3. The number of alkyl halides is 3. The van der Waals surface area contributed by atoms with E-state index < -0.39 is 11.9 Å². The third-order valence-electron chi connectivity index (χ3n) is 2.04. The van der Waals surface area contributed by atoms with Gasteiger partial charge in [-0.05, 0) is 30.7 Å². The fourth-order valence-electron chi connectivity index (χ4n) is 1.30. The Bertz CT molecular complexity index is 413. The van der Waals surface area contributed by atoms with Gasteiger partial charge in [-0.3, -0.25) is 0 Å². The molecule has 16 heavy (non-hydrogen) atoms. The number of oxime groups is 1. The minimum Gasteiger partial charge on any atom is -0.496 e. The Kier molecular flexibility index (Phi) is 3.41. The van der Waals surface area contributed by atoms with Gasteiger partial charge in [-0.25, -0.2) is 0 Å². The Hall–Kier alpha value is -1.72. The van der Waals surface area contributed by atoms with Crippen LogP contribution in [0, 0.1) is 6.92 Å². The number of ether oxygens (including phenoxy) is 1. The summed E-state index contributed by atoms with van der Waals surface area (Å²) in [7, 11) is 1.42. The van der Waals surface area contributed by atoms with E-state index in [9.17, 15) is 13.2 Å². The largest absolute Gasteiger partial charge is 0.496 e. The molecule has 0 aliphatic heterocycles. The zero-order valence-corrected chi connectivity index (χ0v) is 8.67. The molecule has 0 aromatic heterocycles. The molecule has 0 saturated carbocycles. The van der Waals surface area contributed by atoms with Crippen molar-refractivity contribution in [2.24, 2.45) is 5.16 Å². The third-order valence-corrected chi connectivity index (χ3v) is 2.04. The number of hydrogen-bond acceptors (Lipinski definition) is 3. The Balaban J connectivity index is 3.20. The first kappa shape index (κ1) is 12.4. The van der Waals surface area contributed by atoms with Gasteiger partial charge in [-0.2, -0.15) is 13.2 Å². The number of aryl methyl sites for hydroxylation is 1. The summed E-state index contributed by atoms with van der Waals surface area (Å²) in [4.78, 5) is 0. The highest BCUT2D eigenvalue weighted by atomic mass is 19.4. The molecule has 0 saturated heterocycles. The molecular formula is C10H10F3NO2. The Morgan fingerprint density at radius 2 is 2.00 bits per heavy atom. The summed E-state index contributed by atoms with van der Waals surface area (Å²) in [5.41, 5.74) is -0.989. The van der Waals surface area contributed by atoms with Crippen molar-refractivity contribution in [2.75, 3.05) is 7.11 Å². The van der Waals surface area contributed by atoms with Gasteiger partial charge in [0.1, 0.15) is 5.75 Å². The van der Waals surface area contributed by atoms with Crippen molar-refractivity contribution in [3.05, 3.63) is 29.3 Å². The zero-order valence-electron chi connectivity index (χ0n) is 8.67. The summed E-state index contributed by atoms with van der Waals surface area (Å²) in [5, 5.41) is 10.6. The molecular weight excluding hydrogens is 223 g/mol. The zero-order chi connectivity index (χ0) is 12.3. The van der Waals surface area contributed by atoms with E-state index in [-0.39, 0.29) is 5.56 Å². The molecule has 88 valence electrons. The van der Waals surface area contributed by atoms with E-state index in [1.54, 1.807) is 6.92 Å². The summed E-state index contributed by atoms with van der Waals surface area (Å²) in [6, 6.07) is 3.83.